The zero-order chi connectivity index (χ0) is 22.0. The van der Waals surface area contributed by atoms with Crippen LogP contribution in [0.2, 0.25) is 0 Å². The first-order valence-electron chi connectivity index (χ1n) is 12.3. The lowest BCUT2D eigenvalue weighted by Gasteiger charge is -2.54. The summed E-state index contributed by atoms with van der Waals surface area (Å²) in [7, 11) is 0. The van der Waals surface area contributed by atoms with Gasteiger partial charge in [-0.25, -0.2) is 0 Å². The molecule has 1 saturated heterocycles. The SMILES string of the molecule is CCCC(c1ccccc1)C1C=CC=CC1(C1C=Cc2c(C)cccc21)N1CCOCC1. The Hall–Kier alpha value is -2.42. The smallest absolute Gasteiger partial charge is 0.0594 e. The fourth-order valence-corrected chi connectivity index (χ4v) is 6.36. The van der Waals surface area contributed by atoms with Gasteiger partial charge in [0, 0.05) is 24.9 Å². The molecule has 166 valence electrons. The van der Waals surface area contributed by atoms with Gasteiger partial charge < -0.3 is 4.74 Å². The van der Waals surface area contributed by atoms with E-state index >= 15 is 0 Å². The highest BCUT2D eigenvalue weighted by molar-refractivity contribution is 5.67. The second kappa shape index (κ2) is 9.21. The van der Waals surface area contributed by atoms with E-state index in [2.05, 4.69) is 104 Å². The maximum absolute atomic E-state index is 5.81. The molecule has 4 unspecified atom stereocenters. The maximum Gasteiger partial charge on any atom is 0.0594 e. The molecule has 0 aromatic heterocycles. The van der Waals surface area contributed by atoms with Gasteiger partial charge in [-0.3, -0.25) is 4.90 Å². The fourth-order valence-electron chi connectivity index (χ4n) is 6.36. The third-order valence-corrected chi connectivity index (χ3v) is 7.79. The minimum absolute atomic E-state index is 0.0935. The van der Waals surface area contributed by atoms with Crippen LogP contribution >= 0.6 is 0 Å². The third kappa shape index (κ3) is 3.60. The molecule has 3 aliphatic rings. The second-order valence-corrected chi connectivity index (χ2v) is 9.48. The molecule has 0 spiro atoms. The van der Waals surface area contributed by atoms with E-state index in [0.717, 1.165) is 26.3 Å². The molecule has 2 aliphatic carbocycles. The van der Waals surface area contributed by atoms with Crippen molar-refractivity contribution in [3.63, 3.8) is 0 Å². The zero-order valence-corrected chi connectivity index (χ0v) is 19.4. The lowest BCUT2D eigenvalue weighted by Crippen LogP contribution is -2.60. The highest BCUT2D eigenvalue weighted by atomic mass is 16.5. The first-order chi connectivity index (χ1) is 15.8. The van der Waals surface area contributed by atoms with Crippen molar-refractivity contribution >= 4 is 6.08 Å². The van der Waals surface area contributed by atoms with E-state index in [1.54, 1.807) is 0 Å². The summed E-state index contributed by atoms with van der Waals surface area (Å²) in [5.41, 5.74) is 5.63. The summed E-state index contributed by atoms with van der Waals surface area (Å²) in [5, 5.41) is 0. The molecule has 2 aromatic carbocycles. The Morgan fingerprint density at radius 1 is 1.00 bits per heavy atom. The molecule has 1 fully saturated rings. The fraction of sp³-hybridized carbons (Fsp3) is 0.400. The van der Waals surface area contributed by atoms with Gasteiger partial charge in [-0.15, -0.1) is 0 Å². The number of hydrogen-bond donors (Lipinski definition) is 0. The van der Waals surface area contributed by atoms with Gasteiger partial charge >= 0.3 is 0 Å². The van der Waals surface area contributed by atoms with Crippen LogP contribution in [0.1, 0.15) is 53.9 Å². The van der Waals surface area contributed by atoms with Gasteiger partial charge in [0.05, 0.1) is 18.8 Å². The number of hydrogen-bond acceptors (Lipinski definition) is 2. The van der Waals surface area contributed by atoms with Crippen LogP contribution < -0.4 is 0 Å². The van der Waals surface area contributed by atoms with E-state index in [1.165, 1.54) is 35.1 Å². The van der Waals surface area contributed by atoms with E-state index in [-0.39, 0.29) is 5.54 Å². The molecule has 4 atom stereocenters. The molecule has 1 aliphatic heterocycles. The monoisotopic (exact) mass is 425 g/mol. The van der Waals surface area contributed by atoms with Crippen molar-refractivity contribution in [1.82, 2.24) is 4.90 Å². The van der Waals surface area contributed by atoms with Crippen molar-refractivity contribution in [2.75, 3.05) is 26.3 Å². The summed E-state index contributed by atoms with van der Waals surface area (Å²) in [6.45, 7) is 8.15. The minimum atomic E-state index is -0.0935. The first kappa shape index (κ1) is 21.4. The van der Waals surface area contributed by atoms with Crippen LogP contribution in [0.5, 0.6) is 0 Å². The Bertz CT molecular complexity index is 1010. The number of aryl methyl sites for hydroxylation is 1. The highest BCUT2D eigenvalue weighted by Crippen LogP contribution is 2.53. The quantitative estimate of drug-likeness (QED) is 0.523. The summed E-state index contributed by atoms with van der Waals surface area (Å²) < 4.78 is 5.81. The molecular weight excluding hydrogens is 390 g/mol. The Morgan fingerprint density at radius 2 is 1.81 bits per heavy atom. The van der Waals surface area contributed by atoms with E-state index < -0.39 is 0 Å². The molecule has 2 aromatic rings. The van der Waals surface area contributed by atoms with Crippen LogP contribution in [-0.4, -0.2) is 36.7 Å². The molecule has 0 radical (unpaired) electrons. The Labute approximate surface area is 193 Å². The van der Waals surface area contributed by atoms with Crippen LogP contribution in [0.4, 0.5) is 0 Å². The van der Waals surface area contributed by atoms with Crippen molar-refractivity contribution in [3.05, 3.63) is 101 Å². The van der Waals surface area contributed by atoms with E-state index in [4.69, 9.17) is 4.74 Å². The van der Waals surface area contributed by atoms with Gasteiger partial charge in [-0.2, -0.15) is 0 Å². The van der Waals surface area contributed by atoms with Crippen molar-refractivity contribution in [1.29, 1.82) is 0 Å². The van der Waals surface area contributed by atoms with Gasteiger partial charge in [-0.05, 0) is 41.5 Å². The van der Waals surface area contributed by atoms with Crippen LogP contribution in [0, 0.1) is 12.8 Å². The average Bonchev–Trinajstić information content (AvgIpc) is 3.30. The lowest BCUT2D eigenvalue weighted by molar-refractivity contribution is -0.0297. The summed E-state index contributed by atoms with van der Waals surface area (Å²) in [5.74, 6) is 1.21. The van der Waals surface area contributed by atoms with Gasteiger partial charge in [0.25, 0.3) is 0 Å². The average molecular weight is 426 g/mol. The van der Waals surface area contributed by atoms with Gasteiger partial charge in [-0.1, -0.05) is 98.3 Å². The Morgan fingerprint density at radius 3 is 2.59 bits per heavy atom. The maximum atomic E-state index is 5.81. The summed E-state index contributed by atoms with van der Waals surface area (Å²) in [6.07, 6.45) is 16.8. The molecule has 2 nitrogen and oxygen atoms in total. The van der Waals surface area contributed by atoms with Gasteiger partial charge in [0.1, 0.15) is 0 Å². The minimum Gasteiger partial charge on any atom is -0.379 e. The van der Waals surface area contributed by atoms with E-state index in [0.29, 0.717) is 17.8 Å². The predicted octanol–water partition coefficient (Wildman–Crippen LogP) is 6.50. The topological polar surface area (TPSA) is 12.5 Å². The first-order valence-corrected chi connectivity index (χ1v) is 12.3. The molecule has 0 bridgehead atoms. The number of allylic oxidation sites excluding steroid dienone is 2. The summed E-state index contributed by atoms with van der Waals surface area (Å²) in [4.78, 5) is 2.74. The molecule has 0 N–H and O–H groups in total. The predicted molar refractivity (Wildman–Crippen MR) is 134 cm³/mol. The van der Waals surface area contributed by atoms with Crippen molar-refractivity contribution in [2.24, 2.45) is 5.92 Å². The summed E-state index contributed by atoms with van der Waals surface area (Å²) in [6, 6.07) is 18.0. The van der Waals surface area contributed by atoms with Crippen LogP contribution in [0.25, 0.3) is 6.08 Å². The Balaban J connectivity index is 1.67. The van der Waals surface area contributed by atoms with Crippen molar-refractivity contribution in [2.45, 2.75) is 44.1 Å². The number of fused-ring (bicyclic) bond motifs is 1. The van der Waals surface area contributed by atoms with E-state index in [9.17, 15) is 0 Å². The normalized spacial score (nSPS) is 28.1. The van der Waals surface area contributed by atoms with Gasteiger partial charge in [0.2, 0.25) is 0 Å². The number of nitrogens with zero attached hydrogens (tertiary/aromatic N) is 1. The summed E-state index contributed by atoms with van der Waals surface area (Å²) >= 11 is 0. The largest absolute Gasteiger partial charge is 0.379 e. The van der Waals surface area contributed by atoms with E-state index in [1.807, 2.05) is 0 Å². The Kier molecular flexibility index (Phi) is 6.17. The van der Waals surface area contributed by atoms with Crippen molar-refractivity contribution < 1.29 is 4.74 Å². The number of morpholine rings is 1. The number of ether oxygens (including phenoxy) is 1. The standard InChI is InChI=1S/C30H35NO/c1-3-10-26(24-12-5-4-6-13-24)28-15-7-8-18-30(28,31-19-21-32-22-20-31)29-17-16-25-23(2)11-9-14-27(25)29/h4-9,11-18,26,28-29H,3,10,19-22H2,1-2H3. The van der Waals surface area contributed by atoms with Crippen LogP contribution in [-0.2, 0) is 4.74 Å². The number of rotatable bonds is 6. The van der Waals surface area contributed by atoms with Crippen molar-refractivity contribution in [3.8, 4) is 0 Å². The molecule has 2 heteroatoms. The molecule has 0 saturated carbocycles. The van der Waals surface area contributed by atoms with Gasteiger partial charge in [0.15, 0.2) is 0 Å². The zero-order valence-electron chi connectivity index (χ0n) is 19.4. The van der Waals surface area contributed by atoms with Crippen LogP contribution in [0.3, 0.4) is 0 Å². The molecule has 0 amide bonds. The lowest BCUT2D eigenvalue weighted by atomic mass is 9.62. The highest BCUT2D eigenvalue weighted by Gasteiger charge is 2.51. The molecule has 5 rings (SSSR count). The molecular formula is C30H35NO. The second-order valence-electron chi connectivity index (χ2n) is 9.48. The number of benzene rings is 2. The van der Waals surface area contributed by atoms with Crippen LogP contribution in [0.15, 0.2) is 78.9 Å². The third-order valence-electron chi connectivity index (χ3n) is 7.79. The molecule has 1 heterocycles. The molecule has 32 heavy (non-hydrogen) atoms.